The molecule has 2 aromatic carbocycles. The summed E-state index contributed by atoms with van der Waals surface area (Å²) in [6, 6.07) is 13.3. The molecule has 25 heavy (non-hydrogen) atoms. The zero-order valence-corrected chi connectivity index (χ0v) is 14.5. The van der Waals surface area contributed by atoms with Crippen molar-refractivity contribution in [3.05, 3.63) is 64.7 Å². The molecule has 0 aliphatic carbocycles. The fraction of sp³-hybridized carbons (Fsp3) is 0.300. The fourth-order valence-corrected chi connectivity index (χ4v) is 3.35. The smallest absolute Gasteiger partial charge is 0.337 e. The number of hydrogen-bond donors (Lipinski definition) is 1. The molecule has 0 spiro atoms. The van der Waals surface area contributed by atoms with Crippen molar-refractivity contribution in [3.63, 3.8) is 0 Å². The summed E-state index contributed by atoms with van der Waals surface area (Å²) >= 11 is 0. The monoisotopic (exact) mass is 339 g/mol. The second kappa shape index (κ2) is 6.97. The number of carbonyl (C=O) groups excluding carboxylic acids is 2. The molecule has 0 unspecified atom stereocenters. The van der Waals surface area contributed by atoms with Gasteiger partial charge in [-0.3, -0.25) is 4.79 Å². The van der Waals surface area contributed by atoms with Crippen molar-refractivity contribution in [3.8, 4) is 5.75 Å². The highest BCUT2D eigenvalue weighted by atomic mass is 16.5. The van der Waals surface area contributed by atoms with Crippen LogP contribution in [0.4, 0.5) is 0 Å². The summed E-state index contributed by atoms with van der Waals surface area (Å²) in [5.74, 6) is -0.243. The Kier molecular flexibility index (Phi) is 4.74. The quantitative estimate of drug-likeness (QED) is 0.869. The van der Waals surface area contributed by atoms with E-state index in [1.54, 1.807) is 13.1 Å². The van der Waals surface area contributed by atoms with E-state index in [0.29, 0.717) is 16.9 Å². The number of methoxy groups -OCH3 is 1. The van der Waals surface area contributed by atoms with Gasteiger partial charge in [-0.15, -0.1) is 0 Å². The summed E-state index contributed by atoms with van der Waals surface area (Å²) in [7, 11) is 2.88. The fourth-order valence-electron chi connectivity index (χ4n) is 3.35. The molecular formula is C20H21NO4. The van der Waals surface area contributed by atoms with Crippen molar-refractivity contribution in [2.24, 2.45) is 0 Å². The Balaban J connectivity index is 2.21. The van der Waals surface area contributed by atoms with Gasteiger partial charge in [0, 0.05) is 18.5 Å². The Morgan fingerprint density at radius 1 is 1.20 bits per heavy atom. The van der Waals surface area contributed by atoms with Gasteiger partial charge in [-0.25, -0.2) is 4.79 Å². The van der Waals surface area contributed by atoms with Gasteiger partial charge in [-0.1, -0.05) is 37.3 Å². The molecule has 0 bridgehead atoms. The molecule has 5 nitrogen and oxygen atoms in total. The lowest BCUT2D eigenvalue weighted by molar-refractivity contribution is 0.0600. The van der Waals surface area contributed by atoms with Crippen LogP contribution < -0.4 is 10.1 Å². The molecule has 1 amide bonds. The molecule has 2 aromatic rings. The van der Waals surface area contributed by atoms with Gasteiger partial charge in [0.1, 0.15) is 11.9 Å². The molecule has 1 heterocycles. The lowest BCUT2D eigenvalue weighted by Crippen LogP contribution is -2.20. The van der Waals surface area contributed by atoms with Crippen molar-refractivity contribution < 1.29 is 19.1 Å². The van der Waals surface area contributed by atoms with Gasteiger partial charge in [-0.05, 0) is 24.1 Å². The van der Waals surface area contributed by atoms with Crippen LogP contribution in [0.25, 0.3) is 0 Å². The number of esters is 1. The molecule has 130 valence electrons. The zero-order valence-electron chi connectivity index (χ0n) is 14.5. The Morgan fingerprint density at radius 3 is 2.52 bits per heavy atom. The van der Waals surface area contributed by atoms with Crippen LogP contribution in [0.5, 0.6) is 5.75 Å². The molecule has 1 aliphatic rings. The zero-order chi connectivity index (χ0) is 18.0. The molecular weight excluding hydrogens is 318 g/mol. The van der Waals surface area contributed by atoms with Crippen LogP contribution in [0, 0.1) is 0 Å². The van der Waals surface area contributed by atoms with Gasteiger partial charge < -0.3 is 14.8 Å². The summed E-state index contributed by atoms with van der Waals surface area (Å²) in [5, 5.41) is 2.61. The van der Waals surface area contributed by atoms with E-state index in [-0.39, 0.29) is 17.9 Å². The van der Waals surface area contributed by atoms with Crippen LogP contribution >= 0.6 is 0 Å². The summed E-state index contributed by atoms with van der Waals surface area (Å²) in [5.41, 5.74) is 2.65. The van der Waals surface area contributed by atoms with E-state index in [9.17, 15) is 9.59 Å². The minimum atomic E-state index is -0.472. The van der Waals surface area contributed by atoms with Crippen LogP contribution in [-0.2, 0) is 4.74 Å². The Labute approximate surface area is 147 Å². The minimum Gasteiger partial charge on any atom is -0.488 e. The standard InChI is InChI=1S/C20H21NO4/c1-4-16-17(12-8-6-5-7-9-12)14-10-13(20(23)24-3)11-15(18(14)25-16)19(22)21-2/h5-11,16-17H,4H2,1-3H3,(H,21,22)/t16-,17+/m1/s1. The number of ether oxygens (including phenoxy) is 2. The van der Waals surface area contributed by atoms with E-state index in [2.05, 4.69) is 5.32 Å². The maximum atomic E-state index is 12.3. The molecule has 0 aromatic heterocycles. The molecule has 0 saturated carbocycles. The maximum Gasteiger partial charge on any atom is 0.337 e. The van der Waals surface area contributed by atoms with Crippen LogP contribution in [-0.4, -0.2) is 32.1 Å². The van der Waals surface area contributed by atoms with Crippen LogP contribution in [0.15, 0.2) is 42.5 Å². The SMILES string of the molecule is CC[C@H]1Oc2c(C(=O)NC)cc(C(=O)OC)cc2[C@@H]1c1ccccc1. The Morgan fingerprint density at radius 2 is 1.92 bits per heavy atom. The van der Waals surface area contributed by atoms with Crippen molar-refractivity contribution in [1.82, 2.24) is 5.32 Å². The highest BCUT2D eigenvalue weighted by Gasteiger charge is 2.38. The van der Waals surface area contributed by atoms with Crippen molar-refractivity contribution in [2.45, 2.75) is 25.4 Å². The third-order valence-corrected chi connectivity index (χ3v) is 4.55. The second-order valence-corrected chi connectivity index (χ2v) is 5.97. The van der Waals surface area contributed by atoms with Gasteiger partial charge in [0.05, 0.1) is 18.2 Å². The van der Waals surface area contributed by atoms with Crippen molar-refractivity contribution in [1.29, 1.82) is 0 Å². The van der Waals surface area contributed by atoms with Crippen LogP contribution in [0.3, 0.4) is 0 Å². The van der Waals surface area contributed by atoms with Gasteiger partial charge >= 0.3 is 5.97 Å². The van der Waals surface area contributed by atoms with Crippen molar-refractivity contribution in [2.75, 3.05) is 14.2 Å². The van der Waals surface area contributed by atoms with Gasteiger partial charge in [0.15, 0.2) is 0 Å². The first-order chi connectivity index (χ1) is 12.1. The minimum absolute atomic E-state index is 0.0331. The highest BCUT2D eigenvalue weighted by Crippen LogP contribution is 2.46. The first-order valence-corrected chi connectivity index (χ1v) is 8.30. The van der Waals surface area contributed by atoms with Crippen molar-refractivity contribution >= 4 is 11.9 Å². The largest absolute Gasteiger partial charge is 0.488 e. The highest BCUT2D eigenvalue weighted by molar-refractivity contribution is 6.01. The molecule has 0 radical (unpaired) electrons. The van der Waals surface area contributed by atoms with E-state index in [0.717, 1.165) is 17.5 Å². The van der Waals surface area contributed by atoms with Gasteiger partial charge in [0.2, 0.25) is 0 Å². The third kappa shape index (κ3) is 2.97. The van der Waals surface area contributed by atoms with E-state index in [4.69, 9.17) is 9.47 Å². The average Bonchev–Trinajstić information content (AvgIpc) is 3.05. The predicted molar refractivity (Wildman–Crippen MR) is 94.2 cm³/mol. The average molecular weight is 339 g/mol. The predicted octanol–water partition coefficient (Wildman–Crippen LogP) is 3.14. The molecule has 0 fully saturated rings. The first kappa shape index (κ1) is 17.0. The summed E-state index contributed by atoms with van der Waals surface area (Å²) < 4.78 is 11.0. The van der Waals surface area contributed by atoms with E-state index >= 15 is 0 Å². The number of amides is 1. The normalized spacial score (nSPS) is 18.2. The van der Waals surface area contributed by atoms with E-state index in [1.807, 2.05) is 37.3 Å². The lowest BCUT2D eigenvalue weighted by Gasteiger charge is -2.18. The number of benzene rings is 2. The lowest BCUT2D eigenvalue weighted by atomic mass is 9.85. The van der Waals surface area contributed by atoms with Crippen LogP contribution in [0.2, 0.25) is 0 Å². The number of nitrogens with one attached hydrogen (secondary N) is 1. The third-order valence-electron chi connectivity index (χ3n) is 4.55. The summed E-state index contributed by atoms with van der Waals surface area (Å²) in [6.07, 6.45) is 0.698. The number of hydrogen-bond acceptors (Lipinski definition) is 4. The molecule has 1 N–H and O–H groups in total. The molecule has 1 aliphatic heterocycles. The van der Waals surface area contributed by atoms with E-state index in [1.165, 1.54) is 13.2 Å². The van der Waals surface area contributed by atoms with Crippen LogP contribution in [0.1, 0.15) is 51.1 Å². The Hall–Kier alpha value is -2.82. The number of rotatable bonds is 4. The first-order valence-electron chi connectivity index (χ1n) is 8.30. The molecule has 2 atom stereocenters. The molecule has 0 saturated heterocycles. The number of carbonyl (C=O) groups is 2. The molecule has 5 heteroatoms. The van der Waals surface area contributed by atoms with E-state index < -0.39 is 5.97 Å². The topological polar surface area (TPSA) is 64.6 Å². The second-order valence-electron chi connectivity index (χ2n) is 5.97. The Bertz CT molecular complexity index is 801. The molecule has 3 rings (SSSR count). The van der Waals surface area contributed by atoms with Gasteiger partial charge in [0.25, 0.3) is 5.91 Å². The number of fused-ring (bicyclic) bond motifs is 1. The summed E-state index contributed by atoms with van der Waals surface area (Å²) in [4.78, 5) is 24.4. The maximum absolute atomic E-state index is 12.3. The van der Waals surface area contributed by atoms with Gasteiger partial charge in [-0.2, -0.15) is 0 Å². The summed E-state index contributed by atoms with van der Waals surface area (Å²) in [6.45, 7) is 2.05.